The summed E-state index contributed by atoms with van der Waals surface area (Å²) in [6.07, 6.45) is 2.44. The van der Waals surface area contributed by atoms with Crippen molar-refractivity contribution in [1.82, 2.24) is 24.4 Å². The lowest BCUT2D eigenvalue weighted by Crippen LogP contribution is -2.21. The number of anilines is 1. The number of amides is 1. The number of allylic oxidation sites excluding steroid dienone is 1. The number of thiophene rings is 1. The van der Waals surface area contributed by atoms with E-state index in [0.717, 1.165) is 47.6 Å². The number of likely N-dealkylation sites (N-methyl/N-ethyl adjacent to an activating group) is 1. The minimum absolute atomic E-state index is 0.00351. The molecule has 1 amide bonds. The Morgan fingerprint density at radius 3 is 2.79 bits per heavy atom. The Hall–Kier alpha value is -4.23. The number of alkyl halides is 3. The van der Waals surface area contributed by atoms with Crippen LogP contribution < -0.4 is 15.8 Å². The van der Waals surface area contributed by atoms with Crippen molar-refractivity contribution in [3.63, 3.8) is 0 Å². The summed E-state index contributed by atoms with van der Waals surface area (Å²) in [5, 5.41) is 3.84. The number of nitrogens with one attached hydrogen (secondary N) is 1. The van der Waals surface area contributed by atoms with Crippen molar-refractivity contribution < 1.29 is 22.7 Å². The molecule has 0 aliphatic heterocycles. The average molecular weight is 598 g/mol. The van der Waals surface area contributed by atoms with Gasteiger partial charge in [-0.15, -0.1) is 11.3 Å². The molecule has 9 nitrogen and oxygen atoms in total. The first-order valence-electron chi connectivity index (χ1n) is 13.2. The highest BCUT2D eigenvalue weighted by molar-refractivity contribution is 7.16. The molecule has 220 valence electrons. The van der Waals surface area contributed by atoms with Crippen molar-refractivity contribution in [2.45, 2.75) is 31.5 Å². The fourth-order valence-electron chi connectivity index (χ4n) is 4.75. The molecular formula is C29H30F3N7O2S. The lowest BCUT2D eigenvalue weighted by atomic mass is 9.93. The summed E-state index contributed by atoms with van der Waals surface area (Å²) in [6, 6.07) is 8.69. The van der Waals surface area contributed by atoms with E-state index < -0.39 is 23.8 Å². The molecular weight excluding hydrogens is 567 g/mol. The molecule has 0 bridgehead atoms. The maximum absolute atomic E-state index is 13.6. The highest BCUT2D eigenvalue weighted by Gasteiger charge is 2.35. The number of primary amides is 1. The van der Waals surface area contributed by atoms with Gasteiger partial charge in [0.15, 0.2) is 0 Å². The van der Waals surface area contributed by atoms with E-state index in [9.17, 15) is 18.0 Å². The van der Waals surface area contributed by atoms with Crippen LogP contribution in [0.25, 0.3) is 11.1 Å². The minimum Gasteiger partial charge on any atom is -0.484 e. The number of nitrogens with zero attached hydrogens (tertiary/aromatic N) is 5. The van der Waals surface area contributed by atoms with E-state index in [1.54, 1.807) is 18.6 Å². The van der Waals surface area contributed by atoms with E-state index in [0.29, 0.717) is 17.4 Å². The SMILES string of the molecule is C[C@@H](Oc1cc(-n2cnc3c2C=CC(c2ccnc(NCCN(C)C)n2)C3)sc1C(N)=O)c1ccccc1C(F)(F)F. The standard InChI is InChI=1S/C29H30F3N7O2S/c1-17(19-6-4-5-7-20(19)29(30,31)32)41-24-15-25(42-26(24)27(33)40)39-16-36-22-14-18(8-9-23(22)39)21-10-11-34-28(37-21)35-12-13-38(2)3/h4-11,15-18H,12-14H2,1-3H3,(H2,33,40)(H,34,35,37)/t17-,18?/m1/s1. The van der Waals surface area contributed by atoms with Gasteiger partial charge in [-0.25, -0.2) is 15.0 Å². The molecule has 0 radical (unpaired) electrons. The number of fused-ring (bicyclic) bond motifs is 1. The first kappa shape index (κ1) is 29.3. The topological polar surface area (TPSA) is 111 Å². The smallest absolute Gasteiger partial charge is 0.416 e. The molecule has 0 spiro atoms. The Bertz CT molecular complexity index is 1610. The van der Waals surface area contributed by atoms with Gasteiger partial charge in [0, 0.05) is 43.3 Å². The summed E-state index contributed by atoms with van der Waals surface area (Å²) in [4.78, 5) is 28.0. The summed E-state index contributed by atoms with van der Waals surface area (Å²) in [5.41, 5.74) is 7.32. The zero-order valence-electron chi connectivity index (χ0n) is 23.2. The van der Waals surface area contributed by atoms with Crippen LogP contribution in [0.4, 0.5) is 19.1 Å². The highest BCUT2D eigenvalue weighted by Crippen LogP contribution is 2.40. The zero-order valence-corrected chi connectivity index (χ0v) is 24.0. The second-order valence-electron chi connectivity index (χ2n) is 10.1. The Morgan fingerprint density at radius 2 is 2.05 bits per heavy atom. The van der Waals surface area contributed by atoms with Crippen LogP contribution in [-0.4, -0.2) is 57.5 Å². The number of halogens is 3. The summed E-state index contributed by atoms with van der Waals surface area (Å²) >= 11 is 1.09. The third-order valence-electron chi connectivity index (χ3n) is 6.84. The Morgan fingerprint density at radius 1 is 1.26 bits per heavy atom. The highest BCUT2D eigenvalue weighted by atomic mass is 32.1. The van der Waals surface area contributed by atoms with Crippen LogP contribution in [0.5, 0.6) is 5.75 Å². The van der Waals surface area contributed by atoms with Crippen LogP contribution in [0.3, 0.4) is 0 Å². The number of hydrogen-bond donors (Lipinski definition) is 2. The van der Waals surface area contributed by atoms with Crippen LogP contribution in [0.2, 0.25) is 0 Å². The normalized spacial score (nSPS) is 15.5. The molecule has 5 rings (SSSR count). The van der Waals surface area contributed by atoms with Gasteiger partial charge in [0.05, 0.1) is 22.6 Å². The summed E-state index contributed by atoms with van der Waals surface area (Å²) in [7, 11) is 4.00. The van der Waals surface area contributed by atoms with Gasteiger partial charge in [-0.05, 0) is 39.2 Å². The van der Waals surface area contributed by atoms with Gasteiger partial charge in [-0.1, -0.05) is 24.3 Å². The Kier molecular flexibility index (Phi) is 8.32. The predicted molar refractivity (Wildman–Crippen MR) is 155 cm³/mol. The van der Waals surface area contributed by atoms with Crippen molar-refractivity contribution >= 4 is 29.3 Å². The van der Waals surface area contributed by atoms with Crippen LogP contribution in [0.1, 0.15) is 56.8 Å². The number of carbonyl (C=O) groups excluding carboxylic acids is 1. The zero-order chi connectivity index (χ0) is 30.0. The second kappa shape index (κ2) is 11.9. The van der Waals surface area contributed by atoms with Gasteiger partial charge in [-0.3, -0.25) is 9.36 Å². The second-order valence-corrected chi connectivity index (χ2v) is 11.2. The largest absolute Gasteiger partial charge is 0.484 e. The van der Waals surface area contributed by atoms with Crippen molar-refractivity contribution in [1.29, 1.82) is 0 Å². The molecule has 42 heavy (non-hydrogen) atoms. The van der Waals surface area contributed by atoms with Crippen molar-refractivity contribution in [2.75, 3.05) is 32.5 Å². The van der Waals surface area contributed by atoms with Gasteiger partial charge in [0.1, 0.15) is 28.1 Å². The van der Waals surface area contributed by atoms with E-state index in [1.807, 2.05) is 36.9 Å². The summed E-state index contributed by atoms with van der Waals surface area (Å²) in [6.45, 7) is 3.08. The maximum Gasteiger partial charge on any atom is 0.416 e. The van der Waals surface area contributed by atoms with Gasteiger partial charge < -0.3 is 20.7 Å². The summed E-state index contributed by atoms with van der Waals surface area (Å²) < 4.78 is 48.5. The molecule has 1 aliphatic carbocycles. The molecule has 13 heteroatoms. The van der Waals surface area contributed by atoms with Gasteiger partial charge in [0.2, 0.25) is 5.95 Å². The molecule has 4 aromatic rings. The first-order chi connectivity index (χ1) is 20.0. The van der Waals surface area contributed by atoms with E-state index in [-0.39, 0.29) is 22.1 Å². The molecule has 0 saturated heterocycles. The monoisotopic (exact) mass is 597 g/mol. The van der Waals surface area contributed by atoms with Crippen LogP contribution in [-0.2, 0) is 12.6 Å². The van der Waals surface area contributed by atoms with Gasteiger partial charge in [-0.2, -0.15) is 13.2 Å². The van der Waals surface area contributed by atoms with Crippen molar-refractivity contribution in [2.24, 2.45) is 5.73 Å². The van der Waals surface area contributed by atoms with Crippen LogP contribution in [0, 0.1) is 0 Å². The first-order valence-corrected chi connectivity index (χ1v) is 14.1. The molecule has 3 aromatic heterocycles. The Balaban J connectivity index is 1.37. The number of nitrogens with two attached hydrogens (primary N) is 1. The summed E-state index contributed by atoms with van der Waals surface area (Å²) in [5.74, 6) is -0.0595. The number of hydrogen-bond acceptors (Lipinski definition) is 8. The van der Waals surface area contributed by atoms with Crippen LogP contribution in [0.15, 0.2) is 55.0 Å². The molecule has 1 unspecified atom stereocenters. The average Bonchev–Trinajstić information content (AvgIpc) is 3.56. The van der Waals surface area contributed by atoms with Crippen LogP contribution >= 0.6 is 11.3 Å². The molecule has 0 saturated carbocycles. The minimum atomic E-state index is -4.55. The van der Waals surface area contributed by atoms with E-state index in [4.69, 9.17) is 10.5 Å². The predicted octanol–water partition coefficient (Wildman–Crippen LogP) is 5.31. The third-order valence-corrected chi connectivity index (χ3v) is 7.97. The fraction of sp³-hybridized carbons (Fsp3) is 0.310. The number of benzene rings is 1. The molecule has 0 fully saturated rings. The van der Waals surface area contributed by atoms with E-state index in [1.165, 1.54) is 25.1 Å². The lowest BCUT2D eigenvalue weighted by Gasteiger charge is -2.19. The van der Waals surface area contributed by atoms with Crippen molar-refractivity contribution in [3.05, 3.63) is 88.1 Å². The lowest BCUT2D eigenvalue weighted by molar-refractivity contribution is -0.139. The third kappa shape index (κ3) is 6.31. The van der Waals surface area contributed by atoms with E-state index >= 15 is 0 Å². The number of aromatic nitrogens is 4. The number of imidazole rings is 1. The molecule has 3 heterocycles. The number of carbonyl (C=O) groups is 1. The maximum atomic E-state index is 13.6. The van der Waals surface area contributed by atoms with Crippen molar-refractivity contribution in [3.8, 4) is 10.8 Å². The number of rotatable bonds is 10. The molecule has 1 aromatic carbocycles. The van der Waals surface area contributed by atoms with Gasteiger partial charge in [0.25, 0.3) is 5.91 Å². The number of ether oxygens (including phenoxy) is 1. The molecule has 2 atom stereocenters. The van der Waals surface area contributed by atoms with E-state index in [2.05, 4.69) is 25.2 Å². The molecule has 3 N–H and O–H groups in total. The Labute approximate surface area is 244 Å². The van der Waals surface area contributed by atoms with Gasteiger partial charge >= 0.3 is 6.18 Å². The quantitative estimate of drug-likeness (QED) is 0.255. The molecule has 1 aliphatic rings. The fourth-order valence-corrected chi connectivity index (χ4v) is 5.68.